The van der Waals surface area contributed by atoms with Crippen LogP contribution in [0.25, 0.3) is 0 Å². The number of rotatable bonds is 3. The zero-order chi connectivity index (χ0) is 13.1. The molecule has 4 N–H and O–H groups in total. The summed E-state index contributed by atoms with van der Waals surface area (Å²) in [7, 11) is 0. The van der Waals surface area contributed by atoms with Crippen molar-refractivity contribution in [1.82, 2.24) is 15.5 Å². The average molecular weight is 309 g/mol. The standard InChI is InChI=1S/C12H13BrN4O/c1-7-4-9(13)2-3-10(7)12(18)15-5-8-6-16-17-11(8)14/h2-4,6H,5H2,1H3,(H,15,18)(H3,14,16,17). The van der Waals surface area contributed by atoms with E-state index in [0.717, 1.165) is 15.6 Å². The summed E-state index contributed by atoms with van der Waals surface area (Å²) >= 11 is 3.36. The Morgan fingerprint density at radius 2 is 2.33 bits per heavy atom. The van der Waals surface area contributed by atoms with E-state index < -0.39 is 0 Å². The number of benzene rings is 1. The van der Waals surface area contributed by atoms with E-state index in [1.54, 1.807) is 12.3 Å². The predicted octanol–water partition coefficient (Wildman–Crippen LogP) is 1.99. The van der Waals surface area contributed by atoms with Gasteiger partial charge in [-0.25, -0.2) is 0 Å². The van der Waals surface area contributed by atoms with Crippen molar-refractivity contribution in [2.75, 3.05) is 5.73 Å². The Morgan fingerprint density at radius 3 is 2.94 bits per heavy atom. The van der Waals surface area contributed by atoms with E-state index in [9.17, 15) is 4.79 Å². The summed E-state index contributed by atoms with van der Waals surface area (Å²) < 4.78 is 0.954. The van der Waals surface area contributed by atoms with Crippen LogP contribution in [0.1, 0.15) is 21.5 Å². The van der Waals surface area contributed by atoms with Crippen LogP contribution in [0.4, 0.5) is 5.82 Å². The molecular weight excluding hydrogens is 296 g/mol. The van der Waals surface area contributed by atoms with Crippen LogP contribution >= 0.6 is 15.9 Å². The number of nitrogens with one attached hydrogen (secondary N) is 2. The summed E-state index contributed by atoms with van der Waals surface area (Å²) in [5, 5.41) is 9.22. The summed E-state index contributed by atoms with van der Waals surface area (Å²) in [6.07, 6.45) is 1.60. The smallest absolute Gasteiger partial charge is 0.251 e. The highest BCUT2D eigenvalue weighted by molar-refractivity contribution is 9.10. The van der Waals surface area contributed by atoms with E-state index in [4.69, 9.17) is 5.73 Å². The Labute approximate surface area is 113 Å². The molecule has 0 atom stereocenters. The monoisotopic (exact) mass is 308 g/mol. The molecule has 0 radical (unpaired) electrons. The average Bonchev–Trinajstić information content (AvgIpc) is 2.72. The molecule has 1 aromatic heterocycles. The summed E-state index contributed by atoms with van der Waals surface area (Å²) in [6, 6.07) is 5.53. The van der Waals surface area contributed by atoms with Gasteiger partial charge < -0.3 is 11.1 Å². The fraction of sp³-hybridized carbons (Fsp3) is 0.167. The van der Waals surface area contributed by atoms with E-state index in [2.05, 4.69) is 31.4 Å². The van der Waals surface area contributed by atoms with Crippen LogP contribution in [0.5, 0.6) is 0 Å². The lowest BCUT2D eigenvalue weighted by Gasteiger charge is -2.07. The van der Waals surface area contributed by atoms with E-state index in [-0.39, 0.29) is 5.91 Å². The predicted molar refractivity (Wildman–Crippen MR) is 73.0 cm³/mol. The Balaban J connectivity index is 2.06. The van der Waals surface area contributed by atoms with Gasteiger partial charge in [-0.15, -0.1) is 0 Å². The van der Waals surface area contributed by atoms with Crippen molar-refractivity contribution in [1.29, 1.82) is 0 Å². The van der Waals surface area contributed by atoms with Crippen molar-refractivity contribution in [3.8, 4) is 0 Å². The quantitative estimate of drug-likeness (QED) is 0.811. The third-order valence-electron chi connectivity index (χ3n) is 2.62. The lowest BCUT2D eigenvalue weighted by Crippen LogP contribution is -2.23. The minimum absolute atomic E-state index is 0.124. The van der Waals surface area contributed by atoms with E-state index >= 15 is 0 Å². The van der Waals surface area contributed by atoms with Crippen molar-refractivity contribution in [3.05, 3.63) is 45.6 Å². The van der Waals surface area contributed by atoms with Gasteiger partial charge in [-0.1, -0.05) is 15.9 Å². The van der Waals surface area contributed by atoms with Gasteiger partial charge >= 0.3 is 0 Å². The van der Waals surface area contributed by atoms with Gasteiger partial charge in [0.05, 0.1) is 6.20 Å². The summed E-state index contributed by atoms with van der Waals surface area (Å²) in [5.41, 5.74) is 7.99. The van der Waals surface area contributed by atoms with E-state index in [1.807, 2.05) is 19.1 Å². The molecule has 2 rings (SSSR count). The number of aromatic nitrogens is 2. The van der Waals surface area contributed by atoms with Gasteiger partial charge in [0.25, 0.3) is 5.91 Å². The number of anilines is 1. The molecule has 1 amide bonds. The number of H-pyrrole nitrogens is 1. The Hall–Kier alpha value is -1.82. The van der Waals surface area contributed by atoms with Crippen LogP contribution in [0.2, 0.25) is 0 Å². The third kappa shape index (κ3) is 2.70. The first-order valence-corrected chi connectivity index (χ1v) is 6.19. The third-order valence-corrected chi connectivity index (χ3v) is 3.12. The van der Waals surface area contributed by atoms with Gasteiger partial charge in [0.15, 0.2) is 0 Å². The number of carbonyl (C=O) groups excluding carboxylic acids is 1. The van der Waals surface area contributed by atoms with E-state index in [0.29, 0.717) is 17.9 Å². The molecule has 2 aromatic rings. The van der Waals surface area contributed by atoms with Crippen molar-refractivity contribution in [3.63, 3.8) is 0 Å². The SMILES string of the molecule is Cc1cc(Br)ccc1C(=O)NCc1cn[nH]c1N. The molecule has 0 unspecified atom stereocenters. The van der Waals surface area contributed by atoms with Crippen LogP contribution in [-0.4, -0.2) is 16.1 Å². The number of hydrogen-bond donors (Lipinski definition) is 3. The molecule has 0 aliphatic rings. The first-order valence-electron chi connectivity index (χ1n) is 5.40. The molecule has 0 fully saturated rings. The second-order valence-corrected chi connectivity index (χ2v) is 4.87. The zero-order valence-corrected chi connectivity index (χ0v) is 11.4. The zero-order valence-electron chi connectivity index (χ0n) is 9.83. The van der Waals surface area contributed by atoms with Crippen molar-refractivity contribution in [2.45, 2.75) is 13.5 Å². The van der Waals surface area contributed by atoms with Crippen LogP contribution in [0.15, 0.2) is 28.9 Å². The van der Waals surface area contributed by atoms with Gasteiger partial charge in [0.2, 0.25) is 0 Å². The molecule has 18 heavy (non-hydrogen) atoms. The largest absolute Gasteiger partial charge is 0.384 e. The fourth-order valence-electron chi connectivity index (χ4n) is 1.61. The highest BCUT2D eigenvalue weighted by atomic mass is 79.9. The van der Waals surface area contributed by atoms with Crippen molar-refractivity contribution >= 4 is 27.7 Å². The summed E-state index contributed by atoms with van der Waals surface area (Å²) in [6.45, 7) is 2.25. The maximum Gasteiger partial charge on any atom is 0.251 e. The number of halogens is 1. The van der Waals surface area contributed by atoms with Crippen LogP contribution < -0.4 is 11.1 Å². The molecule has 0 saturated carbocycles. The van der Waals surface area contributed by atoms with Crippen LogP contribution in [0.3, 0.4) is 0 Å². The minimum Gasteiger partial charge on any atom is -0.384 e. The maximum absolute atomic E-state index is 12.0. The number of nitrogens with two attached hydrogens (primary N) is 1. The molecular formula is C12H13BrN4O. The molecule has 0 aliphatic heterocycles. The second kappa shape index (κ2) is 5.22. The lowest BCUT2D eigenvalue weighted by atomic mass is 10.1. The molecule has 94 valence electrons. The fourth-order valence-corrected chi connectivity index (χ4v) is 2.09. The Morgan fingerprint density at radius 1 is 1.56 bits per heavy atom. The lowest BCUT2D eigenvalue weighted by molar-refractivity contribution is 0.0950. The first kappa shape index (κ1) is 12.6. The topological polar surface area (TPSA) is 83.8 Å². The molecule has 5 nitrogen and oxygen atoms in total. The number of aryl methyl sites for hydroxylation is 1. The van der Waals surface area contributed by atoms with Crippen LogP contribution in [-0.2, 0) is 6.54 Å². The number of amides is 1. The first-order chi connectivity index (χ1) is 8.58. The minimum atomic E-state index is -0.124. The summed E-state index contributed by atoms with van der Waals surface area (Å²) in [5.74, 6) is 0.350. The van der Waals surface area contributed by atoms with Gasteiger partial charge in [-0.05, 0) is 30.7 Å². The van der Waals surface area contributed by atoms with Crippen molar-refractivity contribution < 1.29 is 4.79 Å². The molecule has 0 saturated heterocycles. The molecule has 0 aliphatic carbocycles. The number of carbonyl (C=O) groups is 1. The molecule has 0 bridgehead atoms. The number of aromatic amines is 1. The van der Waals surface area contributed by atoms with Gasteiger partial charge in [0, 0.05) is 22.1 Å². The van der Waals surface area contributed by atoms with E-state index in [1.165, 1.54) is 0 Å². The summed E-state index contributed by atoms with van der Waals surface area (Å²) in [4.78, 5) is 12.0. The van der Waals surface area contributed by atoms with Gasteiger partial charge in [-0.3, -0.25) is 9.89 Å². The van der Waals surface area contributed by atoms with Gasteiger partial charge in [-0.2, -0.15) is 5.10 Å². The second-order valence-electron chi connectivity index (χ2n) is 3.95. The normalized spacial score (nSPS) is 10.3. The maximum atomic E-state index is 12.0. The molecule has 6 heteroatoms. The number of nitrogens with zero attached hydrogens (tertiary/aromatic N) is 1. The highest BCUT2D eigenvalue weighted by Crippen LogP contribution is 2.16. The Kier molecular flexibility index (Phi) is 3.66. The number of nitrogen functional groups attached to an aromatic ring is 1. The van der Waals surface area contributed by atoms with Crippen LogP contribution in [0, 0.1) is 6.92 Å². The molecule has 0 spiro atoms. The highest BCUT2D eigenvalue weighted by Gasteiger charge is 2.10. The molecule has 1 aromatic carbocycles. The number of hydrogen-bond acceptors (Lipinski definition) is 3. The Bertz CT molecular complexity index is 579. The van der Waals surface area contributed by atoms with Crippen molar-refractivity contribution in [2.24, 2.45) is 0 Å². The molecule has 1 heterocycles. The van der Waals surface area contributed by atoms with Gasteiger partial charge in [0.1, 0.15) is 5.82 Å².